The van der Waals surface area contributed by atoms with E-state index in [1.165, 1.54) is 0 Å². The molecule has 0 saturated heterocycles. The van der Waals surface area contributed by atoms with Gasteiger partial charge in [0, 0.05) is 6.42 Å². The van der Waals surface area contributed by atoms with Gasteiger partial charge in [-0.05, 0) is 23.3 Å². The first kappa shape index (κ1) is 19.5. The molecule has 1 aliphatic heterocycles. The van der Waals surface area contributed by atoms with Gasteiger partial charge in [-0.25, -0.2) is 10.4 Å². The van der Waals surface area contributed by atoms with Gasteiger partial charge in [-0.2, -0.15) is 0 Å². The van der Waals surface area contributed by atoms with Gasteiger partial charge in [0.15, 0.2) is 0 Å². The molecule has 30 heavy (non-hydrogen) atoms. The molecule has 3 aromatic carbocycles. The number of amides is 2. The minimum atomic E-state index is -0.904. The van der Waals surface area contributed by atoms with E-state index in [-0.39, 0.29) is 13.0 Å². The quantitative estimate of drug-likeness (QED) is 0.487. The van der Waals surface area contributed by atoms with Gasteiger partial charge in [-0.1, -0.05) is 72.8 Å². The van der Waals surface area contributed by atoms with Crippen LogP contribution in [0.3, 0.4) is 0 Å². The van der Waals surface area contributed by atoms with Gasteiger partial charge in [0.05, 0.1) is 11.1 Å². The molecule has 150 valence electrons. The number of esters is 1. The van der Waals surface area contributed by atoms with Crippen molar-refractivity contribution in [3.63, 3.8) is 0 Å². The Labute approximate surface area is 174 Å². The lowest BCUT2D eigenvalue weighted by molar-refractivity contribution is -0.148. The zero-order valence-electron chi connectivity index (χ0n) is 16.2. The minimum Gasteiger partial charge on any atom is -0.460 e. The molecule has 0 aliphatic carbocycles. The summed E-state index contributed by atoms with van der Waals surface area (Å²) >= 11 is 0. The summed E-state index contributed by atoms with van der Waals surface area (Å²) in [4.78, 5) is 38.2. The smallest absolute Gasteiger partial charge is 0.325 e. The molecule has 1 heterocycles. The van der Waals surface area contributed by atoms with E-state index in [2.05, 4.69) is 5.43 Å². The number of hydrogen-bond acceptors (Lipinski definition) is 5. The Morgan fingerprint density at radius 1 is 0.767 bits per heavy atom. The number of nitrogens with zero attached hydrogens (tertiary/aromatic N) is 1. The summed E-state index contributed by atoms with van der Waals surface area (Å²) in [5.41, 5.74) is 5.16. The largest absolute Gasteiger partial charge is 0.460 e. The van der Waals surface area contributed by atoms with Crippen molar-refractivity contribution in [3.05, 3.63) is 107 Å². The van der Waals surface area contributed by atoms with Crippen molar-refractivity contribution >= 4 is 17.8 Å². The fraction of sp³-hybridized carbons (Fsp3) is 0.125. The number of nitrogens with one attached hydrogen (secondary N) is 1. The number of fused-ring (bicyclic) bond motifs is 1. The molecule has 0 saturated carbocycles. The molecule has 0 bridgehead atoms. The fourth-order valence-electron chi connectivity index (χ4n) is 3.32. The van der Waals surface area contributed by atoms with Crippen molar-refractivity contribution < 1.29 is 19.1 Å². The summed E-state index contributed by atoms with van der Waals surface area (Å²) in [6.45, 7) is 0.106. The number of hydrogen-bond donors (Lipinski definition) is 1. The van der Waals surface area contributed by atoms with E-state index in [0.29, 0.717) is 11.1 Å². The second-order valence-electron chi connectivity index (χ2n) is 6.96. The highest BCUT2D eigenvalue weighted by molar-refractivity contribution is 6.21. The van der Waals surface area contributed by atoms with Crippen LogP contribution in [-0.4, -0.2) is 28.8 Å². The highest BCUT2D eigenvalue weighted by Gasteiger charge is 2.38. The number of carbonyl (C=O) groups excluding carboxylic acids is 3. The van der Waals surface area contributed by atoms with Crippen LogP contribution in [0.15, 0.2) is 84.9 Å². The second kappa shape index (κ2) is 8.71. The van der Waals surface area contributed by atoms with Crippen molar-refractivity contribution in [2.75, 3.05) is 0 Å². The molecular weight excluding hydrogens is 380 g/mol. The third kappa shape index (κ3) is 4.14. The Balaban J connectivity index is 1.52. The van der Waals surface area contributed by atoms with Crippen molar-refractivity contribution in [3.8, 4) is 0 Å². The van der Waals surface area contributed by atoms with Gasteiger partial charge in [-0.3, -0.25) is 14.4 Å². The first-order chi connectivity index (χ1) is 14.6. The first-order valence-corrected chi connectivity index (χ1v) is 9.62. The van der Waals surface area contributed by atoms with Crippen LogP contribution in [0.5, 0.6) is 0 Å². The maximum Gasteiger partial charge on any atom is 0.325 e. The Hall–Kier alpha value is -3.77. The number of benzene rings is 3. The third-order valence-corrected chi connectivity index (χ3v) is 4.87. The predicted molar refractivity (Wildman–Crippen MR) is 110 cm³/mol. The number of imide groups is 1. The summed E-state index contributed by atoms with van der Waals surface area (Å²) in [5.74, 6) is -1.51. The Morgan fingerprint density at radius 3 is 1.83 bits per heavy atom. The maximum atomic E-state index is 12.9. The average molecular weight is 400 g/mol. The van der Waals surface area contributed by atoms with Crippen LogP contribution in [0, 0.1) is 0 Å². The van der Waals surface area contributed by atoms with E-state index in [1.807, 2.05) is 60.7 Å². The van der Waals surface area contributed by atoms with Crippen LogP contribution < -0.4 is 5.43 Å². The summed E-state index contributed by atoms with van der Waals surface area (Å²) in [6.07, 6.45) is 0.266. The Morgan fingerprint density at radius 2 is 1.27 bits per heavy atom. The van der Waals surface area contributed by atoms with E-state index in [0.717, 1.165) is 16.1 Å². The summed E-state index contributed by atoms with van der Waals surface area (Å²) in [7, 11) is 0. The Bertz CT molecular complexity index is 1030. The lowest BCUT2D eigenvalue weighted by atomic mass is 10.1. The number of carbonyl (C=O) groups is 3. The van der Waals surface area contributed by atoms with E-state index in [1.54, 1.807) is 24.3 Å². The van der Waals surface area contributed by atoms with Crippen LogP contribution in [0.1, 0.15) is 31.8 Å². The van der Waals surface area contributed by atoms with Crippen LogP contribution >= 0.6 is 0 Å². The molecule has 0 unspecified atom stereocenters. The molecule has 6 nitrogen and oxygen atoms in total. The number of hydrazine groups is 1. The van der Waals surface area contributed by atoms with Gasteiger partial charge in [-0.15, -0.1) is 0 Å². The van der Waals surface area contributed by atoms with Crippen molar-refractivity contribution in [2.45, 2.75) is 19.1 Å². The minimum absolute atomic E-state index is 0.106. The fourth-order valence-corrected chi connectivity index (χ4v) is 3.32. The highest BCUT2D eigenvalue weighted by Crippen LogP contribution is 2.21. The predicted octanol–water partition coefficient (Wildman–Crippen LogP) is 3.14. The molecule has 0 fully saturated rings. The second-order valence-corrected chi connectivity index (χ2v) is 6.96. The summed E-state index contributed by atoms with van der Waals surface area (Å²) in [6, 6.07) is 24.4. The van der Waals surface area contributed by atoms with Crippen LogP contribution in [0.25, 0.3) is 0 Å². The lowest BCUT2D eigenvalue weighted by Crippen LogP contribution is -2.52. The molecule has 1 atom stereocenters. The van der Waals surface area contributed by atoms with Gasteiger partial charge >= 0.3 is 5.97 Å². The zero-order chi connectivity index (χ0) is 20.9. The van der Waals surface area contributed by atoms with Crippen LogP contribution in [-0.2, 0) is 22.6 Å². The highest BCUT2D eigenvalue weighted by atomic mass is 16.5. The van der Waals surface area contributed by atoms with E-state index in [4.69, 9.17) is 4.74 Å². The number of rotatable bonds is 7. The molecule has 1 aliphatic rings. The monoisotopic (exact) mass is 400 g/mol. The molecule has 2 amide bonds. The standard InChI is InChI=1S/C24H20N2O4/c27-22-19-13-7-8-14-20(19)23(28)26(22)25-21(15-17-9-3-1-4-10-17)24(29)30-16-18-11-5-2-6-12-18/h1-14,21,25H,15-16H2/t21-/m1/s1. The average Bonchev–Trinajstić information content (AvgIpc) is 3.03. The van der Waals surface area contributed by atoms with Gasteiger partial charge in [0.1, 0.15) is 12.6 Å². The van der Waals surface area contributed by atoms with Crippen LogP contribution in [0.4, 0.5) is 0 Å². The summed E-state index contributed by atoms with van der Waals surface area (Å²) in [5, 5.41) is 0.905. The molecule has 0 spiro atoms. The van der Waals surface area contributed by atoms with E-state index >= 15 is 0 Å². The molecule has 1 N–H and O–H groups in total. The maximum absolute atomic E-state index is 12.9. The topological polar surface area (TPSA) is 75.7 Å². The normalized spacial score (nSPS) is 13.8. The van der Waals surface area contributed by atoms with Crippen molar-refractivity contribution in [2.24, 2.45) is 0 Å². The molecule has 4 rings (SSSR count). The molecule has 0 radical (unpaired) electrons. The van der Waals surface area contributed by atoms with Crippen molar-refractivity contribution in [1.82, 2.24) is 10.4 Å². The zero-order valence-corrected chi connectivity index (χ0v) is 16.2. The van der Waals surface area contributed by atoms with Gasteiger partial charge in [0.25, 0.3) is 11.8 Å². The van der Waals surface area contributed by atoms with Crippen LogP contribution in [0.2, 0.25) is 0 Å². The molecule has 0 aromatic heterocycles. The molecular formula is C24H20N2O4. The SMILES string of the molecule is O=C(OCc1ccccc1)[C@@H](Cc1ccccc1)NN1C(=O)c2ccccc2C1=O. The third-order valence-electron chi connectivity index (χ3n) is 4.87. The van der Waals surface area contributed by atoms with Gasteiger partial charge < -0.3 is 4.74 Å². The molecule has 6 heteroatoms. The van der Waals surface area contributed by atoms with Gasteiger partial charge in [0.2, 0.25) is 0 Å². The van der Waals surface area contributed by atoms with E-state index < -0.39 is 23.8 Å². The lowest BCUT2D eigenvalue weighted by Gasteiger charge is -2.23. The number of ether oxygens (including phenoxy) is 1. The Kier molecular flexibility index (Phi) is 5.68. The summed E-state index contributed by atoms with van der Waals surface area (Å²) < 4.78 is 5.47. The van der Waals surface area contributed by atoms with E-state index in [9.17, 15) is 14.4 Å². The first-order valence-electron chi connectivity index (χ1n) is 9.62. The van der Waals surface area contributed by atoms with Crippen molar-refractivity contribution in [1.29, 1.82) is 0 Å². The molecule has 3 aromatic rings.